The van der Waals surface area contributed by atoms with E-state index in [4.69, 9.17) is 0 Å². The van der Waals surface area contributed by atoms with E-state index < -0.39 is 21.4 Å². The van der Waals surface area contributed by atoms with E-state index in [1.807, 2.05) is 24.3 Å². The van der Waals surface area contributed by atoms with Crippen molar-refractivity contribution in [3.63, 3.8) is 0 Å². The van der Waals surface area contributed by atoms with Crippen LogP contribution in [0.5, 0.6) is 0 Å². The van der Waals surface area contributed by atoms with E-state index >= 15 is 0 Å². The number of rotatable bonds is 3. The molecule has 112 valence electrons. The van der Waals surface area contributed by atoms with Gasteiger partial charge in [-0.2, -0.15) is 0 Å². The van der Waals surface area contributed by atoms with Gasteiger partial charge in [0.15, 0.2) is 0 Å². The van der Waals surface area contributed by atoms with E-state index in [1.165, 1.54) is 0 Å². The lowest BCUT2D eigenvalue weighted by molar-refractivity contribution is -0.130. The molecule has 6 nitrogen and oxygen atoms in total. The number of benzene rings is 1. The average Bonchev–Trinajstić information content (AvgIpc) is 2.85. The molecule has 1 aromatic carbocycles. The minimum absolute atomic E-state index is 0.0956. The Morgan fingerprint density at radius 3 is 2.29 bits per heavy atom. The molecule has 1 saturated heterocycles. The average molecular weight is 308 g/mol. The number of nitrogens with zero attached hydrogens (tertiary/aromatic N) is 1. The number of sulfone groups is 1. The van der Waals surface area contributed by atoms with E-state index in [0.717, 1.165) is 22.3 Å². The second-order valence-corrected chi connectivity index (χ2v) is 7.98. The van der Waals surface area contributed by atoms with Crippen LogP contribution in [0.25, 0.3) is 0 Å². The van der Waals surface area contributed by atoms with Crippen LogP contribution in [0, 0.1) is 0 Å². The van der Waals surface area contributed by atoms with Crippen molar-refractivity contribution in [3.05, 3.63) is 35.4 Å². The Bertz CT molecular complexity index is 701. The van der Waals surface area contributed by atoms with Gasteiger partial charge in [-0.25, -0.2) is 13.2 Å². The lowest BCUT2D eigenvalue weighted by atomic mass is 9.96. The quantitative estimate of drug-likeness (QED) is 0.804. The first-order valence-corrected chi connectivity index (χ1v) is 8.75. The lowest BCUT2D eigenvalue weighted by Crippen LogP contribution is -2.48. The summed E-state index contributed by atoms with van der Waals surface area (Å²) in [5.41, 5.74) is 1.17. The van der Waals surface area contributed by atoms with Crippen molar-refractivity contribution in [3.8, 4) is 0 Å². The number of amides is 3. The van der Waals surface area contributed by atoms with Crippen LogP contribution in [-0.2, 0) is 27.5 Å². The van der Waals surface area contributed by atoms with Crippen LogP contribution in [0.3, 0.4) is 0 Å². The van der Waals surface area contributed by atoms with Gasteiger partial charge in [0.25, 0.3) is 5.91 Å². The Morgan fingerprint density at radius 2 is 1.76 bits per heavy atom. The maximum Gasteiger partial charge on any atom is 0.325 e. The van der Waals surface area contributed by atoms with Crippen molar-refractivity contribution >= 4 is 21.8 Å². The SMILES string of the molecule is CS(=O)(=O)CCN1C(=O)NC2(Cc3ccccc3C2)C1=O. The predicted octanol–water partition coefficient (Wildman–Crippen LogP) is 0.120. The molecule has 0 radical (unpaired) electrons. The maximum atomic E-state index is 12.6. The number of carbonyl (C=O) groups excluding carboxylic acids is 2. The Morgan fingerprint density at radius 1 is 1.19 bits per heavy atom. The summed E-state index contributed by atoms with van der Waals surface area (Å²) in [6, 6.07) is 7.20. The Kier molecular flexibility index (Phi) is 3.05. The number of hydrogen-bond donors (Lipinski definition) is 1. The number of hydrogen-bond acceptors (Lipinski definition) is 4. The third-order valence-corrected chi connectivity index (χ3v) is 4.96. The number of urea groups is 1. The monoisotopic (exact) mass is 308 g/mol. The molecule has 1 aliphatic heterocycles. The highest BCUT2D eigenvalue weighted by atomic mass is 32.2. The largest absolute Gasteiger partial charge is 0.325 e. The van der Waals surface area contributed by atoms with E-state index in [9.17, 15) is 18.0 Å². The fraction of sp³-hybridized carbons (Fsp3) is 0.429. The first kappa shape index (κ1) is 14.1. The van der Waals surface area contributed by atoms with Crippen molar-refractivity contribution in [2.45, 2.75) is 18.4 Å². The zero-order valence-electron chi connectivity index (χ0n) is 11.6. The highest BCUT2D eigenvalue weighted by Crippen LogP contribution is 2.34. The Hall–Kier alpha value is -1.89. The highest BCUT2D eigenvalue weighted by molar-refractivity contribution is 7.90. The summed E-state index contributed by atoms with van der Waals surface area (Å²) in [6.45, 7) is -0.0956. The van der Waals surface area contributed by atoms with E-state index in [0.29, 0.717) is 12.8 Å². The molecule has 1 fully saturated rings. The van der Waals surface area contributed by atoms with Crippen LogP contribution in [0.2, 0.25) is 0 Å². The fourth-order valence-corrected chi connectivity index (χ4v) is 3.51. The first-order chi connectivity index (χ1) is 9.81. The lowest BCUT2D eigenvalue weighted by Gasteiger charge is -2.20. The number of carbonyl (C=O) groups is 2. The van der Waals surface area contributed by atoms with Crippen LogP contribution in [-0.4, -0.2) is 49.3 Å². The third-order valence-electron chi connectivity index (χ3n) is 4.03. The molecular weight excluding hydrogens is 292 g/mol. The molecule has 1 N–H and O–H groups in total. The zero-order valence-corrected chi connectivity index (χ0v) is 12.4. The summed E-state index contributed by atoms with van der Waals surface area (Å²) >= 11 is 0. The van der Waals surface area contributed by atoms with Crippen molar-refractivity contribution < 1.29 is 18.0 Å². The molecule has 1 aliphatic carbocycles. The summed E-state index contributed by atoms with van der Waals surface area (Å²) < 4.78 is 22.4. The minimum atomic E-state index is -3.22. The normalized spacial score (nSPS) is 20.0. The smallest absolute Gasteiger partial charge is 0.322 e. The molecular formula is C14H16N2O4S. The van der Waals surface area contributed by atoms with Gasteiger partial charge in [0, 0.05) is 25.6 Å². The summed E-state index contributed by atoms with van der Waals surface area (Å²) in [5.74, 6) is -0.540. The molecule has 1 heterocycles. The van der Waals surface area contributed by atoms with Crippen LogP contribution >= 0.6 is 0 Å². The molecule has 1 spiro atoms. The van der Waals surface area contributed by atoms with E-state index in [2.05, 4.69) is 5.32 Å². The molecule has 1 aromatic rings. The van der Waals surface area contributed by atoms with Gasteiger partial charge in [0.1, 0.15) is 15.4 Å². The van der Waals surface area contributed by atoms with E-state index in [1.54, 1.807) is 0 Å². The van der Waals surface area contributed by atoms with Crippen LogP contribution in [0.15, 0.2) is 24.3 Å². The van der Waals surface area contributed by atoms with Gasteiger partial charge in [0.05, 0.1) is 5.75 Å². The first-order valence-electron chi connectivity index (χ1n) is 6.69. The molecule has 0 unspecified atom stereocenters. The van der Waals surface area contributed by atoms with Gasteiger partial charge >= 0.3 is 6.03 Å². The van der Waals surface area contributed by atoms with Gasteiger partial charge in [-0.15, -0.1) is 0 Å². The molecule has 2 aliphatic rings. The second kappa shape index (κ2) is 4.56. The second-order valence-electron chi connectivity index (χ2n) is 5.72. The molecule has 3 rings (SSSR count). The fourth-order valence-electron chi connectivity index (χ4n) is 2.99. The van der Waals surface area contributed by atoms with Gasteiger partial charge in [0.2, 0.25) is 0 Å². The predicted molar refractivity (Wildman–Crippen MR) is 76.5 cm³/mol. The van der Waals surface area contributed by atoms with E-state index in [-0.39, 0.29) is 18.2 Å². The highest BCUT2D eigenvalue weighted by Gasteiger charge is 2.53. The zero-order chi connectivity index (χ0) is 15.3. The third kappa shape index (κ3) is 2.42. The maximum absolute atomic E-state index is 12.6. The molecule has 0 atom stereocenters. The molecule has 3 amide bonds. The van der Waals surface area contributed by atoms with Crippen LogP contribution in [0.1, 0.15) is 11.1 Å². The summed E-state index contributed by atoms with van der Waals surface area (Å²) in [4.78, 5) is 25.6. The van der Waals surface area contributed by atoms with Crippen molar-refractivity contribution in [2.75, 3.05) is 18.6 Å². The standard InChI is InChI=1S/C14H16N2O4S/c1-21(19,20)7-6-16-12(17)14(15-13(16)18)8-10-4-2-3-5-11(10)9-14/h2-5H,6-9H2,1H3,(H,15,18). The number of fused-ring (bicyclic) bond motifs is 1. The molecule has 0 bridgehead atoms. The summed E-state index contributed by atoms with van der Waals surface area (Å²) in [5, 5.41) is 2.75. The minimum Gasteiger partial charge on any atom is -0.322 e. The van der Waals surface area contributed by atoms with Crippen LogP contribution in [0.4, 0.5) is 4.79 Å². The van der Waals surface area contributed by atoms with Gasteiger partial charge in [-0.05, 0) is 11.1 Å². The summed E-state index contributed by atoms with van der Waals surface area (Å²) in [7, 11) is -3.22. The summed E-state index contributed by atoms with van der Waals surface area (Å²) in [6.07, 6.45) is 2.01. The van der Waals surface area contributed by atoms with Crippen LogP contribution < -0.4 is 5.32 Å². The Labute approximate surface area is 123 Å². The van der Waals surface area contributed by atoms with Crippen molar-refractivity contribution in [1.82, 2.24) is 10.2 Å². The molecule has 7 heteroatoms. The topological polar surface area (TPSA) is 83.6 Å². The van der Waals surface area contributed by atoms with Gasteiger partial charge < -0.3 is 5.32 Å². The molecule has 0 saturated carbocycles. The van der Waals surface area contributed by atoms with Gasteiger partial charge in [-0.1, -0.05) is 24.3 Å². The number of nitrogens with one attached hydrogen (secondary N) is 1. The molecule has 21 heavy (non-hydrogen) atoms. The van der Waals surface area contributed by atoms with Gasteiger partial charge in [-0.3, -0.25) is 9.69 Å². The van der Waals surface area contributed by atoms with Crippen molar-refractivity contribution in [1.29, 1.82) is 0 Å². The Balaban J connectivity index is 1.82. The molecule has 0 aromatic heterocycles. The van der Waals surface area contributed by atoms with Crippen molar-refractivity contribution in [2.24, 2.45) is 0 Å². The number of imide groups is 1.